The Bertz CT molecular complexity index is 1400. The van der Waals surface area contributed by atoms with E-state index in [0.29, 0.717) is 11.8 Å². The van der Waals surface area contributed by atoms with Crippen LogP contribution in [-0.4, -0.2) is 117 Å². The highest BCUT2D eigenvalue weighted by Gasteiger charge is 2.69. The SMILES string of the molecule is C[C@@H](O)C(CO)O[C@@H](OC1[C@H](O)CO[C@@H](O[C@H]2CC[C@@]3(C)C(CC[C@]4(C)C3CC=C3C5CC(C)(C)CC[C@]5(C(=O)O)CC[C@]34C)C2(C)C)[C@H]1O)[C@@H](O)CO. The number of rotatable bonds is 11. The highest BCUT2D eigenvalue weighted by molar-refractivity contribution is 5.76. The van der Waals surface area contributed by atoms with E-state index in [1.165, 1.54) is 12.5 Å². The number of carbonyl (C=O) groups is 1. The molecule has 16 atom stereocenters. The van der Waals surface area contributed by atoms with Gasteiger partial charge in [-0.1, -0.05) is 60.1 Å². The zero-order valence-corrected chi connectivity index (χ0v) is 33.9. The van der Waals surface area contributed by atoms with E-state index < -0.39 is 73.8 Å². The highest BCUT2D eigenvalue weighted by Crippen LogP contribution is 2.76. The van der Waals surface area contributed by atoms with E-state index in [-0.39, 0.29) is 45.7 Å². The molecule has 6 aliphatic rings. The van der Waals surface area contributed by atoms with Gasteiger partial charge in [0.1, 0.15) is 30.5 Å². The topological polar surface area (TPSA) is 196 Å². The summed E-state index contributed by atoms with van der Waals surface area (Å²) in [6, 6.07) is 0. The molecule has 0 radical (unpaired) electrons. The van der Waals surface area contributed by atoms with Crippen LogP contribution in [0.1, 0.15) is 120 Å². The number of carboxylic acid groups (broad SMARTS) is 1. The fraction of sp³-hybridized carbons (Fsp3) is 0.929. The molecule has 54 heavy (non-hydrogen) atoms. The molecule has 7 N–H and O–H groups in total. The first-order valence-corrected chi connectivity index (χ1v) is 20.6. The van der Waals surface area contributed by atoms with Crippen molar-refractivity contribution in [2.24, 2.45) is 50.2 Å². The molecule has 0 spiro atoms. The van der Waals surface area contributed by atoms with E-state index in [0.717, 1.165) is 64.2 Å². The predicted octanol–water partition coefficient (Wildman–Crippen LogP) is 4.16. The minimum Gasteiger partial charge on any atom is -0.481 e. The van der Waals surface area contributed by atoms with Crippen LogP contribution in [0.5, 0.6) is 0 Å². The van der Waals surface area contributed by atoms with Crippen molar-refractivity contribution in [3.8, 4) is 0 Å². The Labute approximate surface area is 321 Å². The molecule has 0 aromatic carbocycles. The van der Waals surface area contributed by atoms with Crippen LogP contribution in [0, 0.1) is 50.2 Å². The Morgan fingerprint density at radius 1 is 0.926 bits per heavy atom. The normalized spacial score (nSPS) is 46.4. The lowest BCUT2D eigenvalue weighted by molar-refractivity contribution is -0.340. The smallest absolute Gasteiger partial charge is 0.310 e. The summed E-state index contributed by atoms with van der Waals surface area (Å²) < 4.78 is 24.0. The molecule has 0 aromatic heterocycles. The monoisotopic (exact) mass is 766 g/mol. The van der Waals surface area contributed by atoms with Crippen molar-refractivity contribution in [2.75, 3.05) is 19.8 Å². The Kier molecular flexibility index (Phi) is 11.7. The molecule has 4 saturated carbocycles. The highest BCUT2D eigenvalue weighted by atomic mass is 16.7. The van der Waals surface area contributed by atoms with Gasteiger partial charge in [-0.2, -0.15) is 0 Å². The Morgan fingerprint density at radius 3 is 2.24 bits per heavy atom. The third-order valence-electron chi connectivity index (χ3n) is 16.5. The maximum atomic E-state index is 13.0. The number of aliphatic carboxylic acids is 1. The molecule has 6 rings (SSSR count). The average Bonchev–Trinajstić information content (AvgIpc) is 3.09. The minimum absolute atomic E-state index is 0.000527. The first-order chi connectivity index (χ1) is 25.1. The second kappa shape index (κ2) is 14.9. The number of hydrogen-bond donors (Lipinski definition) is 7. The van der Waals surface area contributed by atoms with Gasteiger partial charge in [0, 0.05) is 0 Å². The van der Waals surface area contributed by atoms with E-state index in [1.807, 2.05) is 0 Å². The summed E-state index contributed by atoms with van der Waals surface area (Å²) in [6.07, 6.45) is 0.468. The summed E-state index contributed by atoms with van der Waals surface area (Å²) >= 11 is 0. The predicted molar refractivity (Wildman–Crippen MR) is 199 cm³/mol. The van der Waals surface area contributed by atoms with E-state index in [4.69, 9.17) is 18.9 Å². The number of aliphatic hydroxyl groups is 6. The average molecular weight is 767 g/mol. The van der Waals surface area contributed by atoms with Crippen LogP contribution >= 0.6 is 0 Å². The van der Waals surface area contributed by atoms with E-state index >= 15 is 0 Å². The summed E-state index contributed by atoms with van der Waals surface area (Å²) in [5, 5.41) is 72.8. The molecule has 5 unspecified atom stereocenters. The lowest BCUT2D eigenvalue weighted by atomic mass is 9.33. The van der Waals surface area contributed by atoms with Gasteiger partial charge in [-0.3, -0.25) is 4.79 Å². The molecule has 5 aliphatic carbocycles. The fourth-order valence-electron chi connectivity index (χ4n) is 13.0. The maximum absolute atomic E-state index is 13.0. The molecule has 0 amide bonds. The van der Waals surface area contributed by atoms with Crippen molar-refractivity contribution >= 4 is 5.97 Å². The summed E-state index contributed by atoms with van der Waals surface area (Å²) in [5.74, 6) is 0.173. The molecule has 5 fully saturated rings. The number of hydrogen-bond acceptors (Lipinski definition) is 11. The van der Waals surface area contributed by atoms with Crippen molar-refractivity contribution in [2.45, 2.75) is 175 Å². The van der Waals surface area contributed by atoms with E-state index in [2.05, 4.69) is 54.5 Å². The van der Waals surface area contributed by atoms with Crippen LogP contribution in [0.4, 0.5) is 0 Å². The Balaban J connectivity index is 1.21. The van der Waals surface area contributed by atoms with E-state index in [1.54, 1.807) is 0 Å². The van der Waals surface area contributed by atoms with Crippen LogP contribution in [0.3, 0.4) is 0 Å². The minimum atomic E-state index is -1.58. The van der Waals surface area contributed by atoms with Gasteiger partial charge in [-0.15, -0.1) is 0 Å². The lowest BCUT2D eigenvalue weighted by Crippen LogP contribution is -2.65. The molecule has 0 bridgehead atoms. The van der Waals surface area contributed by atoms with Gasteiger partial charge in [0.25, 0.3) is 0 Å². The third-order valence-corrected chi connectivity index (χ3v) is 16.5. The number of allylic oxidation sites excluding steroid dienone is 2. The Hall–Kier alpha value is -1.19. The largest absolute Gasteiger partial charge is 0.481 e. The molecule has 1 aliphatic heterocycles. The summed E-state index contributed by atoms with van der Waals surface area (Å²) in [7, 11) is 0. The number of carboxylic acids is 1. The lowest BCUT2D eigenvalue weighted by Gasteiger charge is -2.71. The zero-order valence-electron chi connectivity index (χ0n) is 33.9. The van der Waals surface area contributed by atoms with Crippen LogP contribution in [0.2, 0.25) is 0 Å². The summed E-state index contributed by atoms with van der Waals surface area (Å²) in [6.45, 7) is 16.4. The first-order valence-electron chi connectivity index (χ1n) is 20.6. The maximum Gasteiger partial charge on any atom is 0.310 e. The van der Waals surface area contributed by atoms with E-state index in [9.17, 15) is 40.5 Å². The summed E-state index contributed by atoms with van der Waals surface area (Å²) in [4.78, 5) is 13.0. The molecular weight excluding hydrogens is 696 g/mol. The molecule has 0 aromatic rings. The number of ether oxygens (including phenoxy) is 4. The second-order valence-corrected chi connectivity index (χ2v) is 20.2. The van der Waals surface area contributed by atoms with Crippen molar-refractivity contribution < 1.29 is 59.5 Å². The molecule has 1 saturated heterocycles. The van der Waals surface area contributed by atoms with Crippen LogP contribution < -0.4 is 0 Å². The third kappa shape index (κ3) is 6.74. The van der Waals surface area contributed by atoms with Gasteiger partial charge in [0.05, 0.1) is 37.4 Å². The molecule has 310 valence electrons. The van der Waals surface area contributed by atoms with Crippen molar-refractivity contribution in [3.05, 3.63) is 11.6 Å². The van der Waals surface area contributed by atoms with Gasteiger partial charge < -0.3 is 54.7 Å². The van der Waals surface area contributed by atoms with Gasteiger partial charge in [-0.25, -0.2) is 0 Å². The van der Waals surface area contributed by atoms with Gasteiger partial charge in [0.2, 0.25) is 0 Å². The van der Waals surface area contributed by atoms with Crippen LogP contribution in [0.15, 0.2) is 11.6 Å². The van der Waals surface area contributed by atoms with Crippen molar-refractivity contribution in [1.82, 2.24) is 0 Å². The second-order valence-electron chi connectivity index (χ2n) is 20.2. The molecular formula is C42H70O12. The van der Waals surface area contributed by atoms with Crippen LogP contribution in [0.25, 0.3) is 0 Å². The molecule has 1 heterocycles. The van der Waals surface area contributed by atoms with Gasteiger partial charge in [0.15, 0.2) is 12.6 Å². The quantitative estimate of drug-likeness (QED) is 0.0903. The van der Waals surface area contributed by atoms with Gasteiger partial charge >= 0.3 is 5.97 Å². The standard InChI is InChI=1S/C42H70O12/c1-23(45)28(21-44)52-34(26(46)20-43)54-33-27(47)22-51-35(32(33)48)53-31-12-13-39(6)29(38(31,4)5)11-14-41(8)30(39)10-9-24-25-19-37(2,3)15-17-42(25,36(49)50)18-16-40(24,41)7/h9,23,25-35,43-48H,10-22H2,1-8H3,(H,49,50)/t23-,25?,26+,27-,28?,29?,30?,31+,32+,33?,34+,35+,39+,40-,41-,42+/m1/s1. The number of fused-ring (bicyclic) bond motifs is 7. The van der Waals surface area contributed by atoms with Crippen molar-refractivity contribution in [3.63, 3.8) is 0 Å². The molecule has 12 nitrogen and oxygen atoms in total. The molecule has 12 heteroatoms. The van der Waals surface area contributed by atoms with Crippen molar-refractivity contribution in [1.29, 1.82) is 0 Å². The fourth-order valence-corrected chi connectivity index (χ4v) is 13.0. The van der Waals surface area contributed by atoms with Gasteiger partial charge in [-0.05, 0) is 116 Å². The Morgan fingerprint density at radius 2 is 1.61 bits per heavy atom. The first kappa shape index (κ1) is 42.4. The zero-order chi connectivity index (χ0) is 39.8. The van der Waals surface area contributed by atoms with Crippen LogP contribution in [-0.2, 0) is 23.7 Å². The number of aliphatic hydroxyl groups excluding tert-OH is 6. The summed E-state index contributed by atoms with van der Waals surface area (Å²) in [5.41, 5.74) is 0.498.